The smallest absolute Gasteiger partial charge is 0.257 e. The molecule has 4 rings (SSSR count). The zero-order valence-electron chi connectivity index (χ0n) is 19.2. The Bertz CT molecular complexity index is 1160. The lowest BCUT2D eigenvalue weighted by atomic mass is 10.2. The third kappa shape index (κ3) is 7.04. The van der Waals surface area contributed by atoms with Gasteiger partial charge in [-0.05, 0) is 79.7 Å². The van der Waals surface area contributed by atoms with Crippen LogP contribution in [0, 0.1) is 0 Å². The molecular formula is C27H27N3O4S. The molecule has 2 N–H and O–H groups in total. The van der Waals surface area contributed by atoms with Gasteiger partial charge in [0.1, 0.15) is 24.7 Å². The van der Waals surface area contributed by atoms with Crippen LogP contribution in [0.5, 0.6) is 11.5 Å². The number of likely N-dealkylation sites (tertiary alicyclic amines) is 1. The molecule has 0 saturated carbocycles. The lowest BCUT2D eigenvalue weighted by molar-refractivity contribution is 0.0792. The maximum Gasteiger partial charge on any atom is 0.257 e. The molecular weight excluding hydrogens is 462 g/mol. The molecule has 0 spiro atoms. The van der Waals surface area contributed by atoms with Crippen LogP contribution in [-0.4, -0.2) is 48.1 Å². The highest BCUT2D eigenvalue weighted by Gasteiger charge is 2.19. The summed E-state index contributed by atoms with van der Waals surface area (Å²) in [5, 5.41) is 5.81. The number of benzene rings is 3. The number of nitrogens with zero attached hydrogens (tertiary/aromatic N) is 1. The van der Waals surface area contributed by atoms with Crippen molar-refractivity contribution in [2.75, 3.05) is 31.6 Å². The van der Waals surface area contributed by atoms with Gasteiger partial charge in [0.15, 0.2) is 5.11 Å². The summed E-state index contributed by atoms with van der Waals surface area (Å²) in [6, 6.07) is 23.4. The lowest BCUT2D eigenvalue weighted by Gasteiger charge is -2.15. The van der Waals surface area contributed by atoms with Gasteiger partial charge >= 0.3 is 0 Å². The van der Waals surface area contributed by atoms with E-state index < -0.39 is 0 Å². The Morgan fingerprint density at radius 2 is 1.46 bits per heavy atom. The first-order valence-corrected chi connectivity index (χ1v) is 11.9. The molecule has 1 fully saturated rings. The van der Waals surface area contributed by atoms with Gasteiger partial charge in [0.2, 0.25) is 0 Å². The Morgan fingerprint density at radius 3 is 2.17 bits per heavy atom. The van der Waals surface area contributed by atoms with Crippen LogP contribution < -0.4 is 20.1 Å². The minimum absolute atomic E-state index is 0.0404. The zero-order chi connectivity index (χ0) is 24.5. The van der Waals surface area contributed by atoms with Gasteiger partial charge in [-0.1, -0.05) is 24.3 Å². The predicted octanol–water partition coefficient (Wildman–Crippen LogP) is 4.51. The molecule has 8 heteroatoms. The van der Waals surface area contributed by atoms with Gasteiger partial charge in [-0.25, -0.2) is 0 Å². The van der Waals surface area contributed by atoms with E-state index in [2.05, 4.69) is 10.6 Å². The molecule has 180 valence electrons. The average molecular weight is 490 g/mol. The van der Waals surface area contributed by atoms with Crippen LogP contribution in [-0.2, 0) is 0 Å². The molecule has 3 aromatic carbocycles. The van der Waals surface area contributed by atoms with Crippen molar-refractivity contribution in [3.63, 3.8) is 0 Å². The molecule has 2 amide bonds. The summed E-state index contributed by atoms with van der Waals surface area (Å²) in [6.07, 6.45) is 2.11. The summed E-state index contributed by atoms with van der Waals surface area (Å²) in [5.41, 5.74) is 1.74. The molecule has 3 aromatic rings. The summed E-state index contributed by atoms with van der Waals surface area (Å²) < 4.78 is 11.3. The number of anilines is 1. The van der Waals surface area contributed by atoms with Crippen molar-refractivity contribution in [3.8, 4) is 11.5 Å². The molecule has 0 radical (unpaired) electrons. The van der Waals surface area contributed by atoms with E-state index in [4.69, 9.17) is 21.7 Å². The van der Waals surface area contributed by atoms with E-state index in [1.54, 1.807) is 48.5 Å². The zero-order valence-corrected chi connectivity index (χ0v) is 20.1. The molecule has 1 aliphatic heterocycles. The first-order chi connectivity index (χ1) is 17.1. The SMILES string of the molecule is O=C(NC(=S)Nc1ccc(C(=O)N2CCCC2)cc1)c1cccc(OCCOc2ccccc2)c1. The lowest BCUT2D eigenvalue weighted by Crippen LogP contribution is -2.34. The first kappa shape index (κ1) is 24.2. The highest BCUT2D eigenvalue weighted by molar-refractivity contribution is 7.80. The number of ether oxygens (including phenoxy) is 2. The molecule has 0 atom stereocenters. The molecule has 0 aliphatic carbocycles. The van der Waals surface area contributed by atoms with E-state index >= 15 is 0 Å². The van der Waals surface area contributed by atoms with Crippen LogP contribution in [0.15, 0.2) is 78.9 Å². The quantitative estimate of drug-likeness (QED) is 0.358. The molecule has 0 unspecified atom stereocenters. The fourth-order valence-corrected chi connectivity index (χ4v) is 3.91. The van der Waals surface area contributed by atoms with Crippen molar-refractivity contribution in [3.05, 3.63) is 90.0 Å². The Hall–Kier alpha value is -3.91. The van der Waals surface area contributed by atoms with E-state index in [0.29, 0.717) is 35.8 Å². The number of para-hydroxylation sites is 1. The monoisotopic (exact) mass is 489 g/mol. The van der Waals surface area contributed by atoms with E-state index in [1.807, 2.05) is 35.2 Å². The van der Waals surface area contributed by atoms with Crippen LogP contribution in [0.4, 0.5) is 5.69 Å². The summed E-state index contributed by atoms with van der Waals surface area (Å²) in [7, 11) is 0. The molecule has 1 saturated heterocycles. The second-order valence-electron chi connectivity index (χ2n) is 8.02. The Kier molecular flexibility index (Phi) is 8.30. The van der Waals surface area contributed by atoms with Gasteiger partial charge in [0, 0.05) is 29.9 Å². The molecule has 35 heavy (non-hydrogen) atoms. The van der Waals surface area contributed by atoms with Crippen molar-refractivity contribution in [1.82, 2.24) is 10.2 Å². The highest BCUT2D eigenvalue weighted by atomic mass is 32.1. The summed E-state index contributed by atoms with van der Waals surface area (Å²) in [6.45, 7) is 2.35. The average Bonchev–Trinajstić information content (AvgIpc) is 3.43. The van der Waals surface area contributed by atoms with Crippen LogP contribution >= 0.6 is 12.2 Å². The van der Waals surface area contributed by atoms with Gasteiger partial charge < -0.3 is 19.7 Å². The molecule has 1 aliphatic rings. The van der Waals surface area contributed by atoms with Crippen LogP contribution in [0.3, 0.4) is 0 Å². The third-order valence-electron chi connectivity index (χ3n) is 5.47. The minimum atomic E-state index is -0.352. The maximum absolute atomic E-state index is 12.6. The second kappa shape index (κ2) is 12.0. The molecule has 1 heterocycles. The predicted molar refractivity (Wildman–Crippen MR) is 139 cm³/mol. The van der Waals surface area contributed by atoms with Crippen LogP contribution in [0.2, 0.25) is 0 Å². The van der Waals surface area contributed by atoms with E-state index in [0.717, 1.165) is 31.7 Å². The number of hydrogen-bond acceptors (Lipinski definition) is 5. The molecule has 7 nitrogen and oxygen atoms in total. The van der Waals surface area contributed by atoms with Crippen molar-refractivity contribution >= 4 is 34.8 Å². The Balaban J connectivity index is 1.24. The number of rotatable bonds is 8. The van der Waals surface area contributed by atoms with Crippen LogP contribution in [0.25, 0.3) is 0 Å². The van der Waals surface area contributed by atoms with E-state index in [-0.39, 0.29) is 16.9 Å². The number of hydrogen-bond donors (Lipinski definition) is 2. The normalized spacial score (nSPS) is 12.6. The van der Waals surface area contributed by atoms with Gasteiger partial charge in [-0.2, -0.15) is 0 Å². The fraction of sp³-hybridized carbons (Fsp3) is 0.222. The topological polar surface area (TPSA) is 79.9 Å². The number of carbonyl (C=O) groups is 2. The van der Waals surface area contributed by atoms with Gasteiger partial charge in [0.05, 0.1) is 0 Å². The fourth-order valence-electron chi connectivity index (χ4n) is 3.70. The Labute approximate surface area is 210 Å². The molecule has 0 aromatic heterocycles. The number of thiocarbonyl (C=S) groups is 1. The summed E-state index contributed by atoms with van der Waals surface area (Å²) in [4.78, 5) is 27.0. The third-order valence-corrected chi connectivity index (χ3v) is 5.67. The minimum Gasteiger partial charge on any atom is -0.490 e. The first-order valence-electron chi connectivity index (χ1n) is 11.5. The second-order valence-corrected chi connectivity index (χ2v) is 8.43. The molecule has 0 bridgehead atoms. The van der Waals surface area contributed by atoms with E-state index in [1.165, 1.54) is 0 Å². The summed E-state index contributed by atoms with van der Waals surface area (Å²) >= 11 is 5.28. The van der Waals surface area contributed by atoms with Crippen molar-refractivity contribution in [2.45, 2.75) is 12.8 Å². The Morgan fingerprint density at radius 1 is 0.800 bits per heavy atom. The van der Waals surface area contributed by atoms with Gasteiger partial charge in [0.25, 0.3) is 11.8 Å². The van der Waals surface area contributed by atoms with Crippen molar-refractivity contribution < 1.29 is 19.1 Å². The van der Waals surface area contributed by atoms with E-state index in [9.17, 15) is 9.59 Å². The van der Waals surface area contributed by atoms with Crippen molar-refractivity contribution in [2.24, 2.45) is 0 Å². The van der Waals surface area contributed by atoms with Gasteiger partial charge in [-0.3, -0.25) is 14.9 Å². The summed E-state index contributed by atoms with van der Waals surface area (Å²) in [5.74, 6) is 1.03. The highest BCUT2D eigenvalue weighted by Crippen LogP contribution is 2.16. The largest absolute Gasteiger partial charge is 0.490 e. The van der Waals surface area contributed by atoms with Gasteiger partial charge in [-0.15, -0.1) is 0 Å². The van der Waals surface area contributed by atoms with Crippen LogP contribution in [0.1, 0.15) is 33.6 Å². The number of carbonyl (C=O) groups excluding carboxylic acids is 2. The number of amides is 2. The maximum atomic E-state index is 12.6. The number of nitrogens with one attached hydrogen (secondary N) is 2. The van der Waals surface area contributed by atoms with Crippen molar-refractivity contribution in [1.29, 1.82) is 0 Å². The standard InChI is InChI=1S/C27H27N3O4S/c31-25(21-7-6-10-24(19-21)34-18-17-33-23-8-2-1-3-9-23)29-27(35)28-22-13-11-20(12-14-22)26(32)30-15-4-5-16-30/h1-3,6-14,19H,4-5,15-18H2,(H2,28,29,31,35).